The molecule has 0 aliphatic rings. The lowest BCUT2D eigenvalue weighted by atomic mass is 10.1. The van der Waals surface area contributed by atoms with Gasteiger partial charge in [0.05, 0.1) is 11.7 Å². The van der Waals surface area contributed by atoms with Crippen LogP contribution in [0.15, 0.2) is 48.7 Å². The molecule has 0 saturated carbocycles. The molecule has 3 nitrogen and oxygen atoms in total. The van der Waals surface area contributed by atoms with Crippen molar-refractivity contribution >= 4 is 5.52 Å². The quantitative estimate of drug-likeness (QED) is 0.744. The first-order chi connectivity index (χ1) is 8.81. The van der Waals surface area contributed by atoms with Gasteiger partial charge in [0, 0.05) is 17.8 Å². The molecule has 1 aromatic carbocycles. The smallest absolute Gasteiger partial charge is 0.145 e. The minimum absolute atomic E-state index is 0.507. The van der Waals surface area contributed by atoms with E-state index >= 15 is 0 Å². The zero-order valence-corrected chi connectivity index (χ0v) is 10.3. The maximum absolute atomic E-state index is 5.81. The van der Waals surface area contributed by atoms with Gasteiger partial charge in [-0.05, 0) is 24.6 Å². The Labute approximate surface area is 106 Å². The van der Waals surface area contributed by atoms with Gasteiger partial charge in [0.25, 0.3) is 0 Å². The molecular weight excluding hydrogens is 222 g/mol. The average Bonchev–Trinajstić information content (AvgIpc) is 2.83. The number of hydrogen-bond acceptors (Lipinski definition) is 2. The lowest BCUT2D eigenvalue weighted by Crippen LogP contribution is -2.05. The second kappa shape index (κ2) is 4.27. The van der Waals surface area contributed by atoms with Crippen molar-refractivity contribution in [1.82, 2.24) is 9.38 Å². The lowest BCUT2D eigenvalue weighted by Gasteiger charge is -2.08. The van der Waals surface area contributed by atoms with Crippen LogP contribution in [0.5, 0.6) is 0 Å². The predicted molar refractivity (Wildman–Crippen MR) is 73.3 cm³/mol. The maximum Gasteiger partial charge on any atom is 0.145 e. The third-order valence-corrected chi connectivity index (χ3v) is 3.23. The molecular formula is C15H15N3. The number of fused-ring (bicyclic) bond motifs is 1. The number of benzene rings is 1. The van der Waals surface area contributed by atoms with Crippen LogP contribution in [0.25, 0.3) is 16.9 Å². The van der Waals surface area contributed by atoms with Crippen molar-refractivity contribution in [3.8, 4) is 11.4 Å². The van der Waals surface area contributed by atoms with E-state index in [1.807, 2.05) is 36.5 Å². The second-order valence-corrected chi connectivity index (χ2v) is 4.38. The summed E-state index contributed by atoms with van der Waals surface area (Å²) >= 11 is 0. The summed E-state index contributed by atoms with van der Waals surface area (Å²) in [5, 5.41) is 0. The van der Waals surface area contributed by atoms with Gasteiger partial charge in [-0.2, -0.15) is 0 Å². The van der Waals surface area contributed by atoms with E-state index < -0.39 is 0 Å². The van der Waals surface area contributed by atoms with Crippen molar-refractivity contribution < 1.29 is 0 Å². The van der Waals surface area contributed by atoms with Crippen LogP contribution >= 0.6 is 0 Å². The Morgan fingerprint density at radius 2 is 1.94 bits per heavy atom. The first kappa shape index (κ1) is 11.0. The summed E-state index contributed by atoms with van der Waals surface area (Å²) in [4.78, 5) is 4.54. The van der Waals surface area contributed by atoms with Crippen molar-refractivity contribution in [2.75, 3.05) is 0 Å². The van der Waals surface area contributed by atoms with Gasteiger partial charge in [0.1, 0.15) is 5.82 Å². The fourth-order valence-corrected chi connectivity index (χ4v) is 2.29. The number of nitrogens with zero attached hydrogens (tertiary/aromatic N) is 2. The Bertz CT molecular complexity index is 698. The number of nitrogens with two attached hydrogens (primary N) is 1. The van der Waals surface area contributed by atoms with Gasteiger partial charge < -0.3 is 5.73 Å². The molecule has 0 saturated heterocycles. The molecule has 2 heterocycles. The lowest BCUT2D eigenvalue weighted by molar-refractivity contribution is 0.945. The third kappa shape index (κ3) is 1.60. The van der Waals surface area contributed by atoms with Crippen LogP contribution in [0.4, 0.5) is 0 Å². The highest BCUT2D eigenvalue weighted by Gasteiger charge is 2.10. The highest BCUT2D eigenvalue weighted by molar-refractivity contribution is 5.66. The van der Waals surface area contributed by atoms with Crippen LogP contribution < -0.4 is 5.73 Å². The molecule has 2 aromatic heterocycles. The molecule has 3 aromatic rings. The monoisotopic (exact) mass is 237 g/mol. The van der Waals surface area contributed by atoms with Gasteiger partial charge in [0.2, 0.25) is 0 Å². The van der Waals surface area contributed by atoms with Gasteiger partial charge in [0.15, 0.2) is 0 Å². The topological polar surface area (TPSA) is 43.3 Å². The van der Waals surface area contributed by atoms with Crippen molar-refractivity contribution in [2.24, 2.45) is 5.73 Å². The van der Waals surface area contributed by atoms with E-state index in [2.05, 4.69) is 28.4 Å². The zero-order valence-electron chi connectivity index (χ0n) is 10.3. The number of hydrogen-bond donors (Lipinski definition) is 1. The van der Waals surface area contributed by atoms with Gasteiger partial charge >= 0.3 is 0 Å². The molecule has 18 heavy (non-hydrogen) atoms. The molecule has 0 spiro atoms. The minimum Gasteiger partial charge on any atom is -0.325 e. The highest BCUT2D eigenvalue weighted by atomic mass is 15.0. The van der Waals surface area contributed by atoms with Gasteiger partial charge in [-0.1, -0.05) is 30.3 Å². The molecule has 0 unspecified atom stereocenters. The van der Waals surface area contributed by atoms with E-state index in [0.717, 1.165) is 22.6 Å². The standard InChI is InChI=1S/C15H15N3/c1-11-5-2-3-8-14(11)15-17-10-13-7-4-6-12(9-16)18(13)15/h2-8,10H,9,16H2,1H3. The predicted octanol–water partition coefficient (Wildman–Crippen LogP) is 2.77. The molecule has 0 bridgehead atoms. The van der Waals surface area contributed by atoms with E-state index in [1.54, 1.807) is 0 Å². The van der Waals surface area contributed by atoms with Crippen molar-refractivity contribution in [3.05, 3.63) is 59.9 Å². The minimum atomic E-state index is 0.507. The molecule has 0 aliphatic carbocycles. The normalized spacial score (nSPS) is 11.0. The SMILES string of the molecule is Cc1ccccc1-c1ncc2cccc(CN)n12. The number of aromatic nitrogens is 2. The van der Waals surface area contributed by atoms with E-state index in [-0.39, 0.29) is 0 Å². The van der Waals surface area contributed by atoms with Crippen LogP contribution in [0.3, 0.4) is 0 Å². The first-order valence-electron chi connectivity index (χ1n) is 6.02. The van der Waals surface area contributed by atoms with Crippen LogP contribution in [0, 0.1) is 6.92 Å². The second-order valence-electron chi connectivity index (χ2n) is 4.38. The largest absolute Gasteiger partial charge is 0.325 e. The first-order valence-corrected chi connectivity index (χ1v) is 6.02. The van der Waals surface area contributed by atoms with Gasteiger partial charge in [-0.25, -0.2) is 4.98 Å². The summed E-state index contributed by atoms with van der Waals surface area (Å²) in [5.74, 6) is 0.962. The Balaban J connectivity index is 2.34. The molecule has 0 radical (unpaired) electrons. The van der Waals surface area contributed by atoms with Gasteiger partial charge in [-0.15, -0.1) is 0 Å². The van der Waals surface area contributed by atoms with Crippen molar-refractivity contribution in [1.29, 1.82) is 0 Å². The van der Waals surface area contributed by atoms with E-state index in [0.29, 0.717) is 6.54 Å². The van der Waals surface area contributed by atoms with E-state index in [9.17, 15) is 0 Å². The number of aryl methyl sites for hydroxylation is 1. The van der Waals surface area contributed by atoms with E-state index in [1.165, 1.54) is 5.56 Å². The number of pyridine rings is 1. The van der Waals surface area contributed by atoms with Crippen LogP contribution in [-0.4, -0.2) is 9.38 Å². The molecule has 0 aliphatic heterocycles. The summed E-state index contributed by atoms with van der Waals surface area (Å²) in [6, 6.07) is 14.4. The molecule has 3 rings (SSSR count). The molecule has 2 N–H and O–H groups in total. The Kier molecular flexibility index (Phi) is 2.61. The Morgan fingerprint density at radius 3 is 2.72 bits per heavy atom. The molecule has 0 amide bonds. The summed E-state index contributed by atoms with van der Waals surface area (Å²) in [5.41, 5.74) is 10.3. The van der Waals surface area contributed by atoms with Crippen molar-refractivity contribution in [2.45, 2.75) is 13.5 Å². The summed E-state index contributed by atoms with van der Waals surface area (Å²) in [6.45, 7) is 2.61. The Morgan fingerprint density at radius 1 is 1.11 bits per heavy atom. The van der Waals surface area contributed by atoms with Crippen LogP contribution in [0.2, 0.25) is 0 Å². The van der Waals surface area contributed by atoms with Crippen LogP contribution in [0.1, 0.15) is 11.3 Å². The maximum atomic E-state index is 5.81. The average molecular weight is 237 g/mol. The zero-order chi connectivity index (χ0) is 12.5. The molecule has 90 valence electrons. The summed E-state index contributed by atoms with van der Waals surface area (Å²) in [6.07, 6.45) is 1.89. The van der Waals surface area contributed by atoms with Crippen molar-refractivity contribution in [3.63, 3.8) is 0 Å². The molecule has 0 atom stereocenters. The van der Waals surface area contributed by atoms with Gasteiger partial charge in [-0.3, -0.25) is 4.40 Å². The Hall–Kier alpha value is -2.13. The third-order valence-electron chi connectivity index (χ3n) is 3.23. The highest BCUT2D eigenvalue weighted by Crippen LogP contribution is 2.24. The fourth-order valence-electron chi connectivity index (χ4n) is 2.29. The summed E-state index contributed by atoms with van der Waals surface area (Å²) < 4.78 is 2.13. The number of imidazole rings is 1. The molecule has 3 heteroatoms. The molecule has 0 fully saturated rings. The number of rotatable bonds is 2. The fraction of sp³-hybridized carbons (Fsp3) is 0.133. The van der Waals surface area contributed by atoms with Crippen LogP contribution in [-0.2, 0) is 6.54 Å². The van der Waals surface area contributed by atoms with E-state index in [4.69, 9.17) is 5.73 Å². The summed E-state index contributed by atoms with van der Waals surface area (Å²) in [7, 11) is 0.